The van der Waals surface area contributed by atoms with E-state index < -0.39 is 29.6 Å². The molecule has 3 rings (SSSR count). The standard InChI is InChI=1S/C19H14F2N2O3S/c20-12-6-7-14(15(21)8-12)17(19(25)26)23-16(24)9-13-10-27-18(22-13)11-4-2-1-3-5-11/h1-8,10,17H,9H2,(H,23,24)(H,25,26). The van der Waals surface area contributed by atoms with E-state index in [1.165, 1.54) is 11.3 Å². The van der Waals surface area contributed by atoms with E-state index in [0.29, 0.717) is 11.8 Å². The van der Waals surface area contributed by atoms with Gasteiger partial charge in [-0.15, -0.1) is 11.3 Å². The van der Waals surface area contributed by atoms with Gasteiger partial charge in [-0.25, -0.2) is 18.6 Å². The predicted octanol–water partition coefficient (Wildman–Crippen LogP) is 3.57. The molecule has 0 spiro atoms. The molecule has 2 aromatic carbocycles. The van der Waals surface area contributed by atoms with Gasteiger partial charge in [-0.2, -0.15) is 0 Å². The third kappa shape index (κ3) is 4.53. The lowest BCUT2D eigenvalue weighted by atomic mass is 10.1. The molecule has 0 fully saturated rings. The largest absolute Gasteiger partial charge is 0.479 e. The zero-order valence-corrected chi connectivity index (χ0v) is 14.7. The Kier molecular flexibility index (Phi) is 5.56. The number of halogens is 2. The van der Waals surface area contributed by atoms with Crippen LogP contribution in [-0.4, -0.2) is 22.0 Å². The summed E-state index contributed by atoms with van der Waals surface area (Å²) in [6.07, 6.45) is -0.157. The minimum absolute atomic E-state index is 0.157. The van der Waals surface area contributed by atoms with Gasteiger partial charge in [0.2, 0.25) is 5.91 Å². The van der Waals surface area contributed by atoms with Crippen molar-refractivity contribution >= 4 is 23.2 Å². The maximum atomic E-state index is 13.9. The molecule has 8 heteroatoms. The lowest BCUT2D eigenvalue weighted by Crippen LogP contribution is -2.35. The van der Waals surface area contributed by atoms with Gasteiger partial charge in [-0.1, -0.05) is 36.4 Å². The molecule has 1 unspecified atom stereocenters. The molecule has 5 nitrogen and oxygen atoms in total. The molecule has 1 aromatic heterocycles. The maximum absolute atomic E-state index is 13.9. The van der Waals surface area contributed by atoms with Crippen molar-refractivity contribution < 1.29 is 23.5 Å². The van der Waals surface area contributed by atoms with Crippen molar-refractivity contribution in [3.05, 3.63) is 76.8 Å². The van der Waals surface area contributed by atoms with Crippen LogP contribution in [0.4, 0.5) is 8.78 Å². The summed E-state index contributed by atoms with van der Waals surface area (Å²) in [6, 6.07) is 10.3. The van der Waals surface area contributed by atoms with E-state index in [1.54, 1.807) is 5.38 Å². The molecule has 1 amide bonds. The van der Waals surface area contributed by atoms with Crippen LogP contribution >= 0.6 is 11.3 Å². The quantitative estimate of drug-likeness (QED) is 0.677. The summed E-state index contributed by atoms with van der Waals surface area (Å²) in [6.45, 7) is 0. The molecule has 0 saturated heterocycles. The highest BCUT2D eigenvalue weighted by atomic mass is 32.1. The average Bonchev–Trinajstić information content (AvgIpc) is 3.09. The van der Waals surface area contributed by atoms with Gasteiger partial charge >= 0.3 is 5.97 Å². The Hall–Kier alpha value is -3.13. The van der Waals surface area contributed by atoms with Crippen LogP contribution in [-0.2, 0) is 16.0 Å². The van der Waals surface area contributed by atoms with Crippen molar-refractivity contribution in [1.82, 2.24) is 10.3 Å². The van der Waals surface area contributed by atoms with Crippen LogP contribution < -0.4 is 5.32 Å². The van der Waals surface area contributed by atoms with Gasteiger partial charge in [0.05, 0.1) is 12.1 Å². The number of carboxylic acids is 1. The fourth-order valence-corrected chi connectivity index (χ4v) is 3.31. The molecule has 0 aliphatic heterocycles. The van der Waals surface area contributed by atoms with Gasteiger partial charge in [0.15, 0.2) is 6.04 Å². The maximum Gasteiger partial charge on any atom is 0.331 e. The number of carbonyl (C=O) groups excluding carboxylic acids is 1. The molecule has 138 valence electrons. The summed E-state index contributed by atoms with van der Waals surface area (Å²) in [5, 5.41) is 14.0. The van der Waals surface area contributed by atoms with Crippen molar-refractivity contribution in [2.24, 2.45) is 0 Å². The number of amides is 1. The Labute approximate surface area is 157 Å². The molecule has 0 radical (unpaired) electrons. The Morgan fingerprint density at radius 2 is 1.89 bits per heavy atom. The zero-order valence-electron chi connectivity index (χ0n) is 13.9. The van der Waals surface area contributed by atoms with Crippen molar-refractivity contribution in [3.8, 4) is 10.6 Å². The lowest BCUT2D eigenvalue weighted by molar-refractivity contribution is -0.142. The summed E-state index contributed by atoms with van der Waals surface area (Å²) in [5.74, 6) is -3.95. The molecule has 0 aliphatic rings. The van der Waals surface area contributed by atoms with Crippen LogP contribution in [0.3, 0.4) is 0 Å². The van der Waals surface area contributed by atoms with Crippen LogP contribution in [0.1, 0.15) is 17.3 Å². The number of nitrogens with zero attached hydrogens (tertiary/aromatic N) is 1. The SMILES string of the molecule is O=C(Cc1csc(-c2ccccc2)n1)NC(C(=O)O)c1ccc(F)cc1F. The van der Waals surface area contributed by atoms with Crippen molar-refractivity contribution in [1.29, 1.82) is 0 Å². The molecule has 1 atom stereocenters. The first-order valence-corrected chi connectivity index (χ1v) is 8.79. The van der Waals surface area contributed by atoms with Crippen molar-refractivity contribution in [2.75, 3.05) is 0 Å². The number of nitrogens with one attached hydrogen (secondary N) is 1. The highest BCUT2D eigenvalue weighted by molar-refractivity contribution is 7.13. The molecule has 3 aromatic rings. The van der Waals surface area contributed by atoms with E-state index in [-0.39, 0.29) is 12.0 Å². The molecule has 2 N–H and O–H groups in total. The minimum Gasteiger partial charge on any atom is -0.479 e. The number of rotatable bonds is 6. The molecule has 0 saturated carbocycles. The molecule has 0 bridgehead atoms. The average molecular weight is 388 g/mol. The van der Waals surface area contributed by atoms with E-state index in [1.807, 2.05) is 30.3 Å². The number of aromatic nitrogens is 1. The van der Waals surface area contributed by atoms with Gasteiger partial charge in [0.25, 0.3) is 0 Å². The molecular formula is C19H14F2N2O3S. The molecule has 0 aliphatic carbocycles. The number of hydrogen-bond donors (Lipinski definition) is 2. The number of carboxylic acid groups (broad SMARTS) is 1. The van der Waals surface area contributed by atoms with Crippen LogP contribution in [0, 0.1) is 11.6 Å². The van der Waals surface area contributed by atoms with E-state index in [0.717, 1.165) is 22.7 Å². The number of hydrogen-bond acceptors (Lipinski definition) is 4. The Balaban J connectivity index is 1.72. The third-order valence-corrected chi connectivity index (χ3v) is 4.68. The molecule has 1 heterocycles. The number of benzene rings is 2. The summed E-state index contributed by atoms with van der Waals surface area (Å²) in [7, 11) is 0. The fourth-order valence-electron chi connectivity index (χ4n) is 2.49. The second kappa shape index (κ2) is 8.05. The summed E-state index contributed by atoms with van der Waals surface area (Å²) in [5.41, 5.74) is 1.06. The minimum atomic E-state index is -1.62. The number of thiazole rings is 1. The van der Waals surface area contributed by atoms with E-state index >= 15 is 0 Å². The molecule has 27 heavy (non-hydrogen) atoms. The van der Waals surface area contributed by atoms with Crippen LogP contribution in [0.2, 0.25) is 0 Å². The monoisotopic (exact) mass is 388 g/mol. The first-order chi connectivity index (χ1) is 12.9. The van der Waals surface area contributed by atoms with Crippen molar-refractivity contribution in [3.63, 3.8) is 0 Å². The summed E-state index contributed by atoms with van der Waals surface area (Å²) < 4.78 is 26.9. The van der Waals surface area contributed by atoms with Crippen LogP contribution in [0.5, 0.6) is 0 Å². The van der Waals surface area contributed by atoms with Gasteiger partial charge in [0.1, 0.15) is 16.6 Å². The predicted molar refractivity (Wildman–Crippen MR) is 96.1 cm³/mol. The second-order valence-electron chi connectivity index (χ2n) is 5.69. The van der Waals surface area contributed by atoms with E-state index in [9.17, 15) is 23.5 Å². The summed E-state index contributed by atoms with van der Waals surface area (Å²) in [4.78, 5) is 28.0. The smallest absolute Gasteiger partial charge is 0.331 e. The normalized spacial score (nSPS) is 11.8. The van der Waals surface area contributed by atoms with E-state index in [2.05, 4.69) is 10.3 Å². The first kappa shape index (κ1) is 18.7. The highest BCUT2D eigenvalue weighted by Crippen LogP contribution is 2.24. The second-order valence-corrected chi connectivity index (χ2v) is 6.55. The molecular weight excluding hydrogens is 374 g/mol. The van der Waals surface area contributed by atoms with E-state index in [4.69, 9.17) is 0 Å². The number of aliphatic carboxylic acids is 1. The van der Waals surface area contributed by atoms with Gasteiger partial charge in [-0.05, 0) is 6.07 Å². The van der Waals surface area contributed by atoms with Crippen LogP contribution in [0.25, 0.3) is 10.6 Å². The first-order valence-electron chi connectivity index (χ1n) is 7.91. The van der Waals surface area contributed by atoms with Gasteiger partial charge < -0.3 is 10.4 Å². The topological polar surface area (TPSA) is 79.3 Å². The Morgan fingerprint density at radius 1 is 1.15 bits per heavy atom. The van der Waals surface area contributed by atoms with Crippen molar-refractivity contribution in [2.45, 2.75) is 12.5 Å². The van der Waals surface area contributed by atoms with Crippen LogP contribution in [0.15, 0.2) is 53.9 Å². The van der Waals surface area contributed by atoms with Gasteiger partial charge in [0, 0.05) is 22.6 Å². The lowest BCUT2D eigenvalue weighted by Gasteiger charge is -2.15. The Morgan fingerprint density at radius 3 is 2.56 bits per heavy atom. The highest BCUT2D eigenvalue weighted by Gasteiger charge is 2.25. The zero-order chi connectivity index (χ0) is 19.4. The fraction of sp³-hybridized carbons (Fsp3) is 0.105. The number of carbonyl (C=O) groups is 2. The Bertz CT molecular complexity index is 976. The summed E-state index contributed by atoms with van der Waals surface area (Å²) >= 11 is 1.36. The third-order valence-electron chi connectivity index (χ3n) is 3.74. The van der Waals surface area contributed by atoms with Gasteiger partial charge in [-0.3, -0.25) is 4.79 Å².